The second kappa shape index (κ2) is 18.8. The molecule has 294 valence electrons. The van der Waals surface area contributed by atoms with E-state index in [1.807, 2.05) is 18.2 Å². The van der Waals surface area contributed by atoms with E-state index >= 15 is 0 Å². The molecule has 0 bridgehead atoms. The van der Waals surface area contributed by atoms with Gasteiger partial charge in [-0.1, -0.05) is 78.9 Å². The number of ketones is 2. The highest BCUT2D eigenvalue weighted by Crippen LogP contribution is 2.36. The zero-order valence-electron chi connectivity index (χ0n) is 32.4. The molecule has 2 saturated heterocycles. The van der Waals surface area contributed by atoms with Crippen molar-refractivity contribution in [2.75, 3.05) is 26.2 Å². The normalized spacial score (nSPS) is 19.9. The van der Waals surface area contributed by atoms with Crippen LogP contribution in [0.15, 0.2) is 96.6 Å². The maximum Gasteiger partial charge on any atom is 0.189 e. The summed E-state index contributed by atoms with van der Waals surface area (Å²) in [5.41, 5.74) is 9.80. The molecule has 8 rings (SSSR count). The largest absolute Gasteiger partial charge is 0.392 e. The highest BCUT2D eigenvalue weighted by Gasteiger charge is 2.34. The van der Waals surface area contributed by atoms with E-state index in [0.717, 1.165) is 106 Å². The van der Waals surface area contributed by atoms with Crippen LogP contribution in [0.4, 0.5) is 0 Å². The fourth-order valence-electron chi connectivity index (χ4n) is 9.22. The zero-order chi connectivity index (χ0) is 39.0. The van der Waals surface area contributed by atoms with Crippen LogP contribution in [-0.4, -0.2) is 68.0 Å². The lowest BCUT2D eigenvalue weighted by Crippen LogP contribution is -2.34. The van der Waals surface area contributed by atoms with Gasteiger partial charge in [0.15, 0.2) is 11.6 Å². The summed E-state index contributed by atoms with van der Waals surface area (Å²) in [6.45, 7) is 5.78. The first-order valence-electron chi connectivity index (χ1n) is 20.4. The van der Waals surface area contributed by atoms with Crippen LogP contribution in [0.2, 0.25) is 0 Å². The number of carbonyl (C=O) groups is 2. The Morgan fingerprint density at radius 3 is 1.61 bits per heavy atom. The van der Waals surface area contributed by atoms with Crippen LogP contribution in [-0.2, 0) is 52.4 Å². The number of allylic oxidation sites excluding steroid dienone is 2. The molecule has 2 heterocycles. The van der Waals surface area contributed by atoms with E-state index in [0.29, 0.717) is 40.5 Å². The van der Waals surface area contributed by atoms with Crippen molar-refractivity contribution < 1.29 is 30.0 Å². The number of nitrogens with zero attached hydrogens (tertiary/aromatic N) is 2. The summed E-state index contributed by atoms with van der Waals surface area (Å²) < 4.78 is 0. The van der Waals surface area contributed by atoms with Crippen molar-refractivity contribution in [3.05, 3.63) is 152 Å². The first-order valence-corrected chi connectivity index (χ1v) is 20.4. The van der Waals surface area contributed by atoms with E-state index in [4.69, 9.17) is 0 Å². The number of aliphatic hydroxyl groups excluding tert-OH is 4. The molecule has 4 aromatic carbocycles. The van der Waals surface area contributed by atoms with Crippen molar-refractivity contribution in [1.29, 1.82) is 0 Å². The van der Waals surface area contributed by atoms with Crippen molar-refractivity contribution in [3.8, 4) is 0 Å². The minimum absolute atomic E-state index is 0.0566. The van der Waals surface area contributed by atoms with Gasteiger partial charge in [-0.2, -0.15) is 0 Å². The number of likely N-dealkylation sites (tertiary alicyclic amines) is 2. The average Bonchev–Trinajstić information content (AvgIpc) is 3.71. The van der Waals surface area contributed by atoms with Crippen LogP contribution >= 0.6 is 0 Å². The lowest BCUT2D eigenvalue weighted by atomic mass is 9.85. The number of Topliss-reactive ketones (excluding diaryl/α,β-unsaturated/α-hetero) is 2. The topological polar surface area (TPSA) is 122 Å². The molecule has 0 amide bonds. The summed E-state index contributed by atoms with van der Waals surface area (Å²) in [6.07, 6.45) is 8.99. The van der Waals surface area contributed by atoms with Gasteiger partial charge in [-0.05, 0) is 133 Å². The standard InChI is InChI=1S/C24H29NO3.C24H27NO3/c2*26-15-21-12-19-11-20(24(28)23(19)13-22(21)16-27)10-17-6-8-25(9-7-17)14-18-4-2-1-3-5-18/h1-5,12-13,17,20,26-27H,6-11,14-16H2;1-5,10,12-13,17,26-27H,6-9,11,14-16H2. The van der Waals surface area contributed by atoms with Crippen molar-refractivity contribution in [2.24, 2.45) is 17.8 Å². The Bertz CT molecular complexity index is 2000. The summed E-state index contributed by atoms with van der Waals surface area (Å²) in [7, 11) is 0. The average molecular weight is 757 g/mol. The number of hydrogen-bond donors (Lipinski definition) is 4. The number of fused-ring (bicyclic) bond motifs is 2. The quantitative estimate of drug-likeness (QED) is 0.127. The van der Waals surface area contributed by atoms with E-state index in [1.165, 1.54) is 11.1 Å². The smallest absolute Gasteiger partial charge is 0.189 e. The molecule has 4 N–H and O–H groups in total. The molecule has 2 fully saturated rings. The fourth-order valence-corrected chi connectivity index (χ4v) is 9.22. The molecule has 2 aliphatic carbocycles. The molecular formula is C48H56N2O6. The maximum absolute atomic E-state index is 12.9. The summed E-state index contributed by atoms with van der Waals surface area (Å²) in [5.74, 6) is 1.41. The number of aliphatic hydroxyl groups is 4. The van der Waals surface area contributed by atoms with Gasteiger partial charge in [0.1, 0.15) is 0 Å². The molecule has 0 saturated carbocycles. The van der Waals surface area contributed by atoms with Crippen molar-refractivity contribution in [2.45, 2.75) is 84.5 Å². The maximum atomic E-state index is 12.9. The van der Waals surface area contributed by atoms with E-state index in [-0.39, 0.29) is 43.9 Å². The molecule has 8 nitrogen and oxygen atoms in total. The second-order valence-corrected chi connectivity index (χ2v) is 16.2. The third kappa shape index (κ3) is 9.46. The van der Waals surface area contributed by atoms with Crippen LogP contribution in [0.25, 0.3) is 0 Å². The molecule has 2 aliphatic heterocycles. The molecule has 4 aliphatic rings. The summed E-state index contributed by atoms with van der Waals surface area (Å²) >= 11 is 0. The third-order valence-corrected chi connectivity index (χ3v) is 12.4. The Kier molecular flexibility index (Phi) is 13.4. The SMILES string of the molecule is O=C1C(=CC2CCN(Cc3ccccc3)CC2)Cc2cc(CO)c(CO)cc21.O=C1c2cc(CO)c(CO)cc2CC1CC1CCN(Cc2ccccc2)CC1. The molecule has 0 aromatic heterocycles. The van der Waals surface area contributed by atoms with Gasteiger partial charge in [-0.3, -0.25) is 19.4 Å². The Morgan fingerprint density at radius 2 is 1.07 bits per heavy atom. The van der Waals surface area contributed by atoms with Gasteiger partial charge in [0, 0.05) is 42.1 Å². The van der Waals surface area contributed by atoms with Gasteiger partial charge in [-0.15, -0.1) is 0 Å². The molecular weight excluding hydrogens is 701 g/mol. The zero-order valence-corrected chi connectivity index (χ0v) is 32.4. The first kappa shape index (κ1) is 39.9. The van der Waals surface area contributed by atoms with Gasteiger partial charge in [0.25, 0.3) is 0 Å². The molecule has 1 unspecified atom stereocenters. The van der Waals surface area contributed by atoms with Crippen molar-refractivity contribution in [1.82, 2.24) is 9.80 Å². The van der Waals surface area contributed by atoms with Crippen LogP contribution in [0.3, 0.4) is 0 Å². The number of hydrogen-bond acceptors (Lipinski definition) is 8. The van der Waals surface area contributed by atoms with Crippen LogP contribution < -0.4 is 0 Å². The van der Waals surface area contributed by atoms with Crippen molar-refractivity contribution in [3.63, 3.8) is 0 Å². The number of benzene rings is 4. The number of piperidine rings is 2. The Balaban J connectivity index is 0.000000172. The minimum atomic E-state index is -0.157. The van der Waals surface area contributed by atoms with E-state index in [1.54, 1.807) is 12.1 Å². The predicted octanol–water partition coefficient (Wildman–Crippen LogP) is 6.58. The molecule has 4 aromatic rings. The molecule has 1 atom stereocenters. The van der Waals surface area contributed by atoms with E-state index in [2.05, 4.69) is 70.5 Å². The second-order valence-electron chi connectivity index (χ2n) is 16.2. The Labute approximate surface area is 331 Å². The highest BCUT2D eigenvalue weighted by molar-refractivity contribution is 6.13. The van der Waals surface area contributed by atoms with Gasteiger partial charge >= 0.3 is 0 Å². The Hall–Kier alpha value is -4.28. The van der Waals surface area contributed by atoms with Gasteiger partial charge in [0.2, 0.25) is 0 Å². The predicted molar refractivity (Wildman–Crippen MR) is 218 cm³/mol. The highest BCUT2D eigenvalue weighted by atomic mass is 16.3. The van der Waals surface area contributed by atoms with Gasteiger partial charge in [0.05, 0.1) is 26.4 Å². The van der Waals surface area contributed by atoms with E-state index in [9.17, 15) is 30.0 Å². The van der Waals surface area contributed by atoms with Crippen LogP contribution in [0, 0.1) is 17.8 Å². The fraction of sp³-hybridized carbons (Fsp3) is 0.417. The Morgan fingerprint density at radius 1 is 0.589 bits per heavy atom. The number of carbonyl (C=O) groups excluding carboxylic acids is 2. The third-order valence-electron chi connectivity index (χ3n) is 12.4. The molecule has 0 spiro atoms. The molecule has 0 radical (unpaired) electrons. The molecule has 56 heavy (non-hydrogen) atoms. The van der Waals surface area contributed by atoms with Crippen LogP contribution in [0.5, 0.6) is 0 Å². The van der Waals surface area contributed by atoms with Gasteiger partial charge < -0.3 is 20.4 Å². The summed E-state index contributed by atoms with van der Waals surface area (Å²) in [6, 6.07) is 28.5. The lowest BCUT2D eigenvalue weighted by Gasteiger charge is -2.33. The first-order chi connectivity index (χ1) is 27.3. The summed E-state index contributed by atoms with van der Waals surface area (Å²) in [4.78, 5) is 30.7. The lowest BCUT2D eigenvalue weighted by molar-refractivity contribution is 0.0895. The molecule has 8 heteroatoms. The number of rotatable bonds is 11. The minimum Gasteiger partial charge on any atom is -0.392 e. The van der Waals surface area contributed by atoms with Gasteiger partial charge in [-0.25, -0.2) is 0 Å². The summed E-state index contributed by atoms with van der Waals surface area (Å²) in [5, 5.41) is 38.0. The van der Waals surface area contributed by atoms with Crippen LogP contribution in [0.1, 0.15) is 97.3 Å². The monoisotopic (exact) mass is 756 g/mol. The van der Waals surface area contributed by atoms with E-state index < -0.39 is 0 Å². The van der Waals surface area contributed by atoms with Crippen molar-refractivity contribution >= 4 is 11.6 Å².